The largest absolute Gasteiger partial charge is 0.378 e. The van der Waals surface area contributed by atoms with E-state index in [0.717, 1.165) is 17.3 Å². The van der Waals surface area contributed by atoms with Crippen LogP contribution < -0.4 is 10.2 Å². The normalized spacial score (nSPS) is 12.2. The van der Waals surface area contributed by atoms with Crippen molar-refractivity contribution < 1.29 is 8.78 Å². The molecule has 106 valence electrons. The molecule has 0 aromatic heterocycles. The first-order valence-corrected chi connectivity index (χ1v) is 6.43. The number of benzene rings is 2. The van der Waals surface area contributed by atoms with E-state index in [-0.39, 0.29) is 6.04 Å². The molecule has 2 aromatic carbocycles. The quantitative estimate of drug-likeness (QED) is 0.921. The maximum Gasteiger partial charge on any atom is 0.163 e. The topological polar surface area (TPSA) is 15.3 Å². The SMILES string of the molecule is CNC(c1ccc(N(C)C)cc1)c1cccc(F)c1F. The molecule has 0 amide bonds. The fraction of sp³-hybridized carbons (Fsp3) is 0.250. The first-order valence-electron chi connectivity index (χ1n) is 6.43. The Bertz CT molecular complexity index is 580. The molecule has 2 rings (SSSR count). The second-order valence-electron chi connectivity index (χ2n) is 4.85. The van der Waals surface area contributed by atoms with Crippen molar-refractivity contribution in [2.24, 2.45) is 0 Å². The first-order chi connectivity index (χ1) is 9.54. The summed E-state index contributed by atoms with van der Waals surface area (Å²) in [7, 11) is 5.64. The van der Waals surface area contributed by atoms with Gasteiger partial charge in [-0.15, -0.1) is 0 Å². The monoisotopic (exact) mass is 276 g/mol. The fourth-order valence-corrected chi connectivity index (χ4v) is 2.21. The number of halogens is 2. The highest BCUT2D eigenvalue weighted by Crippen LogP contribution is 2.26. The van der Waals surface area contributed by atoms with Crippen molar-refractivity contribution in [3.05, 3.63) is 65.2 Å². The molecule has 0 aliphatic heterocycles. The Morgan fingerprint density at radius 3 is 2.20 bits per heavy atom. The van der Waals surface area contributed by atoms with Crippen molar-refractivity contribution in [1.82, 2.24) is 5.32 Å². The Balaban J connectivity index is 2.39. The van der Waals surface area contributed by atoms with Crippen molar-refractivity contribution in [3.63, 3.8) is 0 Å². The zero-order chi connectivity index (χ0) is 14.7. The molecule has 0 aliphatic carbocycles. The molecule has 0 heterocycles. The van der Waals surface area contributed by atoms with Crippen LogP contribution in [0.4, 0.5) is 14.5 Å². The summed E-state index contributed by atoms with van der Waals surface area (Å²) in [4.78, 5) is 1.99. The average molecular weight is 276 g/mol. The number of nitrogens with zero attached hydrogens (tertiary/aromatic N) is 1. The molecule has 0 bridgehead atoms. The molecule has 0 fully saturated rings. The lowest BCUT2D eigenvalue weighted by Gasteiger charge is -2.19. The Morgan fingerprint density at radius 2 is 1.65 bits per heavy atom. The van der Waals surface area contributed by atoms with Gasteiger partial charge in [0.1, 0.15) is 0 Å². The summed E-state index contributed by atoms with van der Waals surface area (Å²) in [6, 6.07) is 11.6. The minimum Gasteiger partial charge on any atom is -0.378 e. The van der Waals surface area contributed by atoms with Crippen LogP contribution in [-0.2, 0) is 0 Å². The summed E-state index contributed by atoms with van der Waals surface area (Å²) < 4.78 is 27.3. The zero-order valence-corrected chi connectivity index (χ0v) is 11.8. The van der Waals surface area contributed by atoms with Gasteiger partial charge in [-0.3, -0.25) is 0 Å². The minimum absolute atomic E-state index is 0.310. The molecule has 0 saturated carbocycles. The van der Waals surface area contributed by atoms with Gasteiger partial charge in [0.05, 0.1) is 6.04 Å². The van der Waals surface area contributed by atoms with Crippen LogP contribution in [0.15, 0.2) is 42.5 Å². The summed E-state index contributed by atoms with van der Waals surface area (Å²) >= 11 is 0. The van der Waals surface area contributed by atoms with E-state index < -0.39 is 11.6 Å². The van der Waals surface area contributed by atoms with Gasteiger partial charge in [-0.05, 0) is 30.8 Å². The first kappa shape index (κ1) is 14.5. The number of hydrogen-bond acceptors (Lipinski definition) is 2. The standard InChI is InChI=1S/C16H18F2N2/c1-19-16(13-5-4-6-14(17)15(13)18)11-7-9-12(10-8-11)20(2)3/h4-10,16,19H,1-3H3. The summed E-state index contributed by atoms with van der Waals surface area (Å²) in [6.45, 7) is 0. The molecule has 4 heteroatoms. The van der Waals surface area contributed by atoms with E-state index in [1.807, 2.05) is 43.3 Å². The predicted octanol–water partition coefficient (Wildman–Crippen LogP) is 3.34. The second kappa shape index (κ2) is 6.01. The van der Waals surface area contributed by atoms with Crippen LogP contribution in [0.3, 0.4) is 0 Å². The third kappa shape index (κ3) is 2.80. The molecule has 20 heavy (non-hydrogen) atoms. The van der Waals surface area contributed by atoms with Crippen molar-refractivity contribution >= 4 is 5.69 Å². The van der Waals surface area contributed by atoms with Crippen LogP contribution in [-0.4, -0.2) is 21.1 Å². The minimum atomic E-state index is -0.826. The van der Waals surface area contributed by atoms with Gasteiger partial charge in [-0.2, -0.15) is 0 Å². The van der Waals surface area contributed by atoms with Crippen molar-refractivity contribution in [2.45, 2.75) is 6.04 Å². The second-order valence-corrected chi connectivity index (χ2v) is 4.85. The maximum absolute atomic E-state index is 13.9. The third-order valence-electron chi connectivity index (χ3n) is 3.32. The van der Waals surface area contributed by atoms with Crippen molar-refractivity contribution in [3.8, 4) is 0 Å². The van der Waals surface area contributed by atoms with Gasteiger partial charge in [0.2, 0.25) is 0 Å². The molecule has 1 atom stereocenters. The van der Waals surface area contributed by atoms with Gasteiger partial charge in [-0.25, -0.2) is 8.78 Å². The number of nitrogens with one attached hydrogen (secondary N) is 1. The molecule has 2 aromatic rings. The number of anilines is 1. The van der Waals surface area contributed by atoms with E-state index in [1.165, 1.54) is 6.07 Å². The fourth-order valence-electron chi connectivity index (χ4n) is 2.21. The van der Waals surface area contributed by atoms with Crippen LogP contribution >= 0.6 is 0 Å². The molecule has 0 spiro atoms. The van der Waals surface area contributed by atoms with Gasteiger partial charge in [-0.1, -0.05) is 24.3 Å². The summed E-state index contributed by atoms with van der Waals surface area (Å²) in [5.74, 6) is -1.63. The lowest BCUT2D eigenvalue weighted by Crippen LogP contribution is -2.19. The summed E-state index contributed by atoms with van der Waals surface area (Å²) in [5, 5.41) is 3.03. The zero-order valence-electron chi connectivity index (χ0n) is 11.8. The molecule has 2 nitrogen and oxygen atoms in total. The highest BCUT2D eigenvalue weighted by Gasteiger charge is 2.18. The highest BCUT2D eigenvalue weighted by atomic mass is 19.2. The summed E-state index contributed by atoms with van der Waals surface area (Å²) in [5.41, 5.74) is 2.26. The van der Waals surface area contributed by atoms with E-state index in [4.69, 9.17) is 0 Å². The van der Waals surface area contributed by atoms with Gasteiger partial charge in [0.15, 0.2) is 11.6 Å². The van der Waals surface area contributed by atoms with Gasteiger partial charge in [0.25, 0.3) is 0 Å². The van der Waals surface area contributed by atoms with Crippen molar-refractivity contribution in [1.29, 1.82) is 0 Å². The lowest BCUT2D eigenvalue weighted by molar-refractivity contribution is 0.487. The van der Waals surface area contributed by atoms with Crippen LogP contribution in [0.5, 0.6) is 0 Å². The van der Waals surface area contributed by atoms with E-state index in [1.54, 1.807) is 13.1 Å². The Morgan fingerprint density at radius 1 is 1.00 bits per heavy atom. The molecule has 0 aliphatic rings. The molecule has 0 saturated heterocycles. The van der Waals surface area contributed by atoms with Crippen LogP contribution in [0, 0.1) is 11.6 Å². The molecular weight excluding hydrogens is 258 g/mol. The van der Waals surface area contributed by atoms with Gasteiger partial charge >= 0.3 is 0 Å². The van der Waals surface area contributed by atoms with Gasteiger partial charge in [0, 0.05) is 25.3 Å². The Hall–Kier alpha value is -1.94. The lowest BCUT2D eigenvalue weighted by atomic mass is 9.98. The van der Waals surface area contributed by atoms with E-state index in [9.17, 15) is 8.78 Å². The molecule has 1 unspecified atom stereocenters. The highest BCUT2D eigenvalue weighted by molar-refractivity contribution is 5.47. The van der Waals surface area contributed by atoms with Crippen LogP contribution in [0.1, 0.15) is 17.2 Å². The third-order valence-corrected chi connectivity index (χ3v) is 3.32. The van der Waals surface area contributed by atoms with Crippen LogP contribution in [0.25, 0.3) is 0 Å². The predicted molar refractivity (Wildman–Crippen MR) is 78.0 cm³/mol. The molecule has 0 radical (unpaired) electrons. The molecule has 1 N–H and O–H groups in total. The average Bonchev–Trinajstić information content (AvgIpc) is 2.45. The Kier molecular flexibility index (Phi) is 4.35. The smallest absolute Gasteiger partial charge is 0.163 e. The van der Waals surface area contributed by atoms with Crippen molar-refractivity contribution in [2.75, 3.05) is 26.0 Å². The number of hydrogen-bond donors (Lipinski definition) is 1. The van der Waals surface area contributed by atoms with E-state index >= 15 is 0 Å². The van der Waals surface area contributed by atoms with Crippen LogP contribution in [0.2, 0.25) is 0 Å². The van der Waals surface area contributed by atoms with E-state index in [2.05, 4.69) is 5.32 Å². The Labute approximate surface area is 118 Å². The van der Waals surface area contributed by atoms with E-state index in [0.29, 0.717) is 5.56 Å². The number of rotatable bonds is 4. The molecular formula is C16H18F2N2. The van der Waals surface area contributed by atoms with Gasteiger partial charge < -0.3 is 10.2 Å². The summed E-state index contributed by atoms with van der Waals surface area (Å²) in [6.07, 6.45) is 0. The maximum atomic E-state index is 13.9.